The predicted octanol–water partition coefficient (Wildman–Crippen LogP) is 3.17. The number of pyridine rings is 1. The summed E-state index contributed by atoms with van der Waals surface area (Å²) in [7, 11) is 3.18. The Morgan fingerprint density at radius 1 is 1.17 bits per heavy atom. The summed E-state index contributed by atoms with van der Waals surface area (Å²) >= 11 is 0. The minimum atomic E-state index is -0.173. The molecule has 0 atom stereocenters. The van der Waals surface area contributed by atoms with Crippen molar-refractivity contribution in [2.45, 2.75) is 19.9 Å². The molecule has 1 heterocycles. The molecule has 2 rings (SSSR count). The van der Waals surface area contributed by atoms with E-state index in [0.717, 1.165) is 5.56 Å². The lowest BCUT2D eigenvalue weighted by Crippen LogP contribution is -2.26. The summed E-state index contributed by atoms with van der Waals surface area (Å²) in [5.41, 5.74) is 1.43. The van der Waals surface area contributed by atoms with E-state index >= 15 is 0 Å². The van der Waals surface area contributed by atoms with Gasteiger partial charge in [-0.15, -0.1) is 0 Å². The molecule has 0 unspecified atom stereocenters. The Morgan fingerprint density at radius 2 is 1.96 bits per heavy atom. The van der Waals surface area contributed by atoms with Gasteiger partial charge in [0.05, 0.1) is 14.2 Å². The van der Waals surface area contributed by atoms with Gasteiger partial charge in [-0.05, 0) is 44.2 Å². The number of allylic oxidation sites excluding steroid dienone is 1. The maximum Gasteiger partial charge on any atom is 0.256 e. The second kappa shape index (κ2) is 8.15. The molecule has 0 aliphatic heterocycles. The van der Waals surface area contributed by atoms with Crippen molar-refractivity contribution < 1.29 is 14.3 Å². The van der Waals surface area contributed by atoms with Gasteiger partial charge in [0, 0.05) is 29.9 Å². The topological polar surface area (TPSA) is 52.8 Å². The minimum Gasteiger partial charge on any atom is -0.497 e. The summed E-state index contributed by atoms with van der Waals surface area (Å²) in [5, 5.41) is 0. The summed E-state index contributed by atoms with van der Waals surface area (Å²) in [6.45, 7) is 3.94. The van der Waals surface area contributed by atoms with Gasteiger partial charge in [-0.2, -0.15) is 0 Å². The van der Waals surface area contributed by atoms with Crippen LogP contribution in [-0.2, 0) is 0 Å². The zero-order chi connectivity index (χ0) is 17.5. The highest BCUT2D eigenvalue weighted by molar-refractivity contribution is 5.93. The Hall–Kier alpha value is -2.82. The van der Waals surface area contributed by atoms with Crippen molar-refractivity contribution in [2.24, 2.45) is 4.99 Å². The second-order valence-corrected chi connectivity index (χ2v) is 5.43. The van der Waals surface area contributed by atoms with Crippen LogP contribution in [0, 0.1) is 0 Å². The predicted molar refractivity (Wildman–Crippen MR) is 94.3 cm³/mol. The van der Waals surface area contributed by atoms with Gasteiger partial charge in [0.1, 0.15) is 17.0 Å². The van der Waals surface area contributed by atoms with Gasteiger partial charge in [0.2, 0.25) is 0 Å². The Balaban J connectivity index is 2.32. The van der Waals surface area contributed by atoms with Crippen LogP contribution in [0.2, 0.25) is 0 Å². The molecule has 0 saturated carbocycles. The van der Waals surface area contributed by atoms with Crippen LogP contribution in [0.3, 0.4) is 0 Å². The summed E-state index contributed by atoms with van der Waals surface area (Å²) in [6.07, 6.45) is 4.93. The van der Waals surface area contributed by atoms with E-state index in [0.29, 0.717) is 17.0 Å². The van der Waals surface area contributed by atoms with E-state index in [1.807, 2.05) is 38.1 Å². The van der Waals surface area contributed by atoms with Crippen molar-refractivity contribution in [3.63, 3.8) is 0 Å². The number of benzene rings is 1. The molecular weight excluding hydrogens is 304 g/mol. The number of methoxy groups -OCH3 is 2. The average molecular weight is 326 g/mol. The van der Waals surface area contributed by atoms with Crippen molar-refractivity contribution >= 4 is 12.0 Å². The van der Waals surface area contributed by atoms with Crippen molar-refractivity contribution in [1.29, 1.82) is 0 Å². The fourth-order valence-corrected chi connectivity index (χ4v) is 2.19. The SMILES string of the molecule is COc1ccc(/C=C/C(=O)n2ccccc2=NC(C)C)c(OC)c1. The first-order chi connectivity index (χ1) is 11.5. The highest BCUT2D eigenvalue weighted by atomic mass is 16.5. The second-order valence-electron chi connectivity index (χ2n) is 5.43. The maximum atomic E-state index is 12.5. The zero-order valence-corrected chi connectivity index (χ0v) is 14.4. The number of hydrogen-bond donors (Lipinski definition) is 0. The van der Waals surface area contributed by atoms with Crippen molar-refractivity contribution in [3.05, 3.63) is 59.7 Å². The number of carbonyl (C=O) groups is 1. The standard InChI is InChI=1S/C19H22N2O3/c1-14(2)20-18-7-5-6-12-21(18)19(22)11-9-15-8-10-16(23-3)13-17(15)24-4/h5-14H,1-4H3/b11-9+,20-18?. The minimum absolute atomic E-state index is 0.108. The molecular formula is C19H22N2O3. The van der Waals surface area contributed by atoms with Crippen LogP contribution in [0.1, 0.15) is 24.2 Å². The van der Waals surface area contributed by atoms with E-state index in [4.69, 9.17) is 9.47 Å². The molecule has 1 aromatic carbocycles. The van der Waals surface area contributed by atoms with Gasteiger partial charge in [-0.1, -0.05) is 6.07 Å². The lowest BCUT2D eigenvalue weighted by atomic mass is 10.1. The first-order valence-corrected chi connectivity index (χ1v) is 7.71. The van der Waals surface area contributed by atoms with E-state index in [9.17, 15) is 4.79 Å². The third-order valence-electron chi connectivity index (χ3n) is 3.31. The molecule has 0 radical (unpaired) electrons. The molecule has 2 aromatic rings. The number of hydrogen-bond acceptors (Lipinski definition) is 4. The molecule has 126 valence electrons. The van der Waals surface area contributed by atoms with Gasteiger partial charge < -0.3 is 9.47 Å². The average Bonchev–Trinajstić information content (AvgIpc) is 2.59. The first-order valence-electron chi connectivity index (χ1n) is 7.71. The lowest BCUT2D eigenvalue weighted by molar-refractivity contribution is 0.0964. The van der Waals surface area contributed by atoms with Gasteiger partial charge in [0.25, 0.3) is 5.91 Å². The van der Waals surface area contributed by atoms with Crippen molar-refractivity contribution in [2.75, 3.05) is 14.2 Å². The van der Waals surface area contributed by atoms with Gasteiger partial charge in [0.15, 0.2) is 0 Å². The molecule has 0 saturated heterocycles. The Bertz CT molecular complexity index is 804. The molecule has 0 spiro atoms. The number of rotatable bonds is 5. The summed E-state index contributed by atoms with van der Waals surface area (Å²) < 4.78 is 12.0. The third kappa shape index (κ3) is 4.35. The van der Waals surface area contributed by atoms with Crippen LogP contribution in [0.15, 0.2) is 53.7 Å². The summed E-state index contributed by atoms with van der Waals surface area (Å²) in [4.78, 5) is 17.0. The van der Waals surface area contributed by atoms with Crippen LogP contribution in [-0.4, -0.2) is 30.7 Å². The monoisotopic (exact) mass is 326 g/mol. The number of carbonyl (C=O) groups excluding carboxylic acids is 1. The zero-order valence-electron chi connectivity index (χ0n) is 14.4. The molecule has 0 aliphatic rings. The van der Waals surface area contributed by atoms with Crippen LogP contribution >= 0.6 is 0 Å². The Morgan fingerprint density at radius 3 is 2.62 bits per heavy atom. The quantitative estimate of drug-likeness (QED) is 0.793. The van der Waals surface area contributed by atoms with Crippen molar-refractivity contribution in [3.8, 4) is 11.5 Å². The van der Waals surface area contributed by atoms with E-state index < -0.39 is 0 Å². The van der Waals surface area contributed by atoms with E-state index in [1.165, 1.54) is 10.6 Å². The maximum absolute atomic E-state index is 12.5. The summed E-state index contributed by atoms with van der Waals surface area (Å²) in [6, 6.07) is 11.0. The highest BCUT2D eigenvalue weighted by Gasteiger charge is 2.05. The number of ether oxygens (including phenoxy) is 2. The molecule has 0 fully saturated rings. The first kappa shape index (κ1) is 17.5. The highest BCUT2D eigenvalue weighted by Crippen LogP contribution is 2.25. The Labute approximate surface area is 141 Å². The van der Waals surface area contributed by atoms with Crippen LogP contribution in [0.25, 0.3) is 6.08 Å². The van der Waals surface area contributed by atoms with Gasteiger partial charge >= 0.3 is 0 Å². The van der Waals surface area contributed by atoms with Crippen LogP contribution in [0.4, 0.5) is 0 Å². The van der Waals surface area contributed by atoms with Gasteiger partial charge in [-0.3, -0.25) is 14.4 Å². The molecule has 5 heteroatoms. The van der Waals surface area contributed by atoms with E-state index in [2.05, 4.69) is 4.99 Å². The summed E-state index contributed by atoms with van der Waals surface area (Å²) in [5.74, 6) is 1.17. The molecule has 24 heavy (non-hydrogen) atoms. The van der Waals surface area contributed by atoms with Gasteiger partial charge in [-0.25, -0.2) is 0 Å². The molecule has 0 amide bonds. The number of nitrogens with zero attached hydrogens (tertiary/aromatic N) is 2. The molecule has 0 bridgehead atoms. The molecule has 0 aliphatic carbocycles. The fraction of sp³-hybridized carbons (Fsp3) is 0.263. The number of aromatic nitrogens is 1. The van der Waals surface area contributed by atoms with E-state index in [1.54, 1.807) is 38.6 Å². The lowest BCUT2D eigenvalue weighted by Gasteiger charge is -2.07. The molecule has 0 N–H and O–H groups in total. The third-order valence-corrected chi connectivity index (χ3v) is 3.31. The smallest absolute Gasteiger partial charge is 0.256 e. The van der Waals surface area contributed by atoms with Crippen molar-refractivity contribution in [1.82, 2.24) is 4.57 Å². The Kier molecular flexibility index (Phi) is 5.95. The fourth-order valence-electron chi connectivity index (χ4n) is 2.19. The largest absolute Gasteiger partial charge is 0.497 e. The molecule has 1 aromatic heterocycles. The normalized spacial score (nSPS) is 12.0. The van der Waals surface area contributed by atoms with E-state index in [-0.39, 0.29) is 11.9 Å². The molecule has 5 nitrogen and oxygen atoms in total. The van der Waals surface area contributed by atoms with Crippen LogP contribution in [0.5, 0.6) is 11.5 Å². The van der Waals surface area contributed by atoms with Crippen LogP contribution < -0.4 is 15.0 Å².